The van der Waals surface area contributed by atoms with Gasteiger partial charge in [0.2, 0.25) is 0 Å². The van der Waals surface area contributed by atoms with Gasteiger partial charge in [-0.1, -0.05) is 0 Å². The maximum absolute atomic E-state index is 13.2. The SMILES string of the molecule is COc1ccc(OC(F)(F)F)cc1[C@H](N)C(F)(F)C(F)(F)F. The van der Waals surface area contributed by atoms with Crippen molar-refractivity contribution < 1.29 is 44.6 Å². The lowest BCUT2D eigenvalue weighted by molar-refractivity contribution is -0.291. The van der Waals surface area contributed by atoms with Gasteiger partial charge in [0.15, 0.2) is 0 Å². The van der Waals surface area contributed by atoms with Gasteiger partial charge in [0.05, 0.1) is 7.11 Å². The average molecular weight is 339 g/mol. The molecule has 1 rings (SSSR count). The Balaban J connectivity index is 3.29. The van der Waals surface area contributed by atoms with E-state index in [2.05, 4.69) is 9.47 Å². The molecule has 1 atom stereocenters. The minimum atomic E-state index is -5.99. The zero-order valence-corrected chi connectivity index (χ0v) is 10.7. The lowest BCUT2D eigenvalue weighted by atomic mass is 9.99. The molecular weight excluding hydrogens is 330 g/mol. The van der Waals surface area contributed by atoms with Crippen molar-refractivity contribution in [1.82, 2.24) is 0 Å². The van der Waals surface area contributed by atoms with E-state index in [0.29, 0.717) is 12.1 Å². The molecule has 11 heteroatoms. The van der Waals surface area contributed by atoms with Crippen molar-refractivity contribution >= 4 is 0 Å². The van der Waals surface area contributed by atoms with E-state index in [0.717, 1.165) is 13.2 Å². The van der Waals surface area contributed by atoms with Crippen molar-refractivity contribution in [1.29, 1.82) is 0 Å². The van der Waals surface area contributed by atoms with Gasteiger partial charge in [-0.05, 0) is 18.2 Å². The highest BCUT2D eigenvalue weighted by Crippen LogP contribution is 2.46. The zero-order chi connectivity index (χ0) is 17.3. The summed E-state index contributed by atoms with van der Waals surface area (Å²) in [5.74, 6) is -6.92. The van der Waals surface area contributed by atoms with E-state index in [4.69, 9.17) is 5.73 Å². The molecule has 0 aliphatic carbocycles. The first-order valence-electron chi connectivity index (χ1n) is 5.43. The predicted molar refractivity (Wildman–Crippen MR) is 57.6 cm³/mol. The van der Waals surface area contributed by atoms with Crippen LogP contribution >= 0.6 is 0 Å². The summed E-state index contributed by atoms with van der Waals surface area (Å²) in [7, 11) is 0.932. The molecule has 22 heavy (non-hydrogen) atoms. The fraction of sp³-hybridized carbons (Fsp3) is 0.455. The molecule has 0 aliphatic heterocycles. The average Bonchev–Trinajstić information content (AvgIpc) is 2.34. The van der Waals surface area contributed by atoms with Gasteiger partial charge in [-0.3, -0.25) is 0 Å². The van der Waals surface area contributed by atoms with Crippen LogP contribution in [0.5, 0.6) is 11.5 Å². The maximum atomic E-state index is 13.2. The van der Waals surface area contributed by atoms with Crippen molar-refractivity contribution in [3.05, 3.63) is 23.8 Å². The summed E-state index contributed by atoms with van der Waals surface area (Å²) >= 11 is 0. The topological polar surface area (TPSA) is 44.5 Å². The largest absolute Gasteiger partial charge is 0.573 e. The van der Waals surface area contributed by atoms with E-state index in [1.165, 1.54) is 0 Å². The molecule has 0 unspecified atom stereocenters. The molecule has 0 saturated heterocycles. The summed E-state index contributed by atoms with van der Waals surface area (Å²) in [4.78, 5) is 0. The van der Waals surface area contributed by atoms with Gasteiger partial charge in [0.25, 0.3) is 0 Å². The van der Waals surface area contributed by atoms with Crippen molar-refractivity contribution in [2.24, 2.45) is 5.73 Å². The summed E-state index contributed by atoms with van der Waals surface area (Å²) in [6.45, 7) is 0. The zero-order valence-electron chi connectivity index (χ0n) is 10.7. The summed E-state index contributed by atoms with van der Waals surface area (Å²) in [6.07, 6.45) is -11.1. The van der Waals surface area contributed by atoms with Crippen molar-refractivity contribution in [3.8, 4) is 11.5 Å². The second-order valence-electron chi connectivity index (χ2n) is 4.05. The van der Waals surface area contributed by atoms with Crippen LogP contribution in [-0.2, 0) is 0 Å². The number of hydrogen-bond acceptors (Lipinski definition) is 3. The Morgan fingerprint density at radius 1 is 1.00 bits per heavy atom. The minimum Gasteiger partial charge on any atom is -0.496 e. The molecule has 0 radical (unpaired) electrons. The Bertz CT molecular complexity index is 526. The van der Waals surface area contributed by atoms with Gasteiger partial charge in [-0.25, -0.2) is 0 Å². The fourth-order valence-corrected chi connectivity index (χ4v) is 1.52. The Kier molecular flexibility index (Phi) is 4.80. The molecule has 0 saturated carbocycles. The molecule has 0 amide bonds. The predicted octanol–water partition coefficient (Wildman–Crippen LogP) is 3.79. The van der Waals surface area contributed by atoms with Crippen LogP contribution in [0.25, 0.3) is 0 Å². The molecule has 0 heterocycles. The molecule has 3 nitrogen and oxygen atoms in total. The number of benzene rings is 1. The monoisotopic (exact) mass is 339 g/mol. The van der Waals surface area contributed by atoms with Crippen LogP contribution in [0.1, 0.15) is 11.6 Å². The lowest BCUT2D eigenvalue weighted by Crippen LogP contribution is -2.46. The summed E-state index contributed by atoms with van der Waals surface area (Å²) in [6, 6.07) is -1.23. The van der Waals surface area contributed by atoms with E-state index in [1.54, 1.807) is 0 Å². The highest BCUT2D eigenvalue weighted by Gasteiger charge is 2.62. The Morgan fingerprint density at radius 2 is 1.55 bits per heavy atom. The van der Waals surface area contributed by atoms with Crippen LogP contribution in [0.2, 0.25) is 0 Å². The standard InChI is InChI=1S/C11H9F8NO2/c1-21-7-3-2-5(22-11(17,18)19)4-6(7)8(20)9(12,13)10(14,15)16/h2-4,8H,20H2,1H3/t8-/m0/s1. The van der Waals surface area contributed by atoms with E-state index >= 15 is 0 Å². The van der Waals surface area contributed by atoms with Gasteiger partial charge in [-0.15, -0.1) is 13.2 Å². The fourth-order valence-electron chi connectivity index (χ4n) is 1.52. The smallest absolute Gasteiger partial charge is 0.496 e. The second kappa shape index (κ2) is 5.78. The highest BCUT2D eigenvalue weighted by atomic mass is 19.4. The maximum Gasteiger partial charge on any atom is 0.573 e. The molecular formula is C11H9F8NO2. The third-order valence-corrected chi connectivity index (χ3v) is 2.54. The van der Waals surface area contributed by atoms with Crippen molar-refractivity contribution in [2.75, 3.05) is 7.11 Å². The van der Waals surface area contributed by atoms with Gasteiger partial charge >= 0.3 is 18.5 Å². The molecule has 0 fully saturated rings. The number of alkyl halides is 8. The number of halogens is 8. The number of hydrogen-bond donors (Lipinski definition) is 1. The molecule has 0 spiro atoms. The molecule has 1 aromatic rings. The van der Waals surface area contributed by atoms with Gasteiger partial charge in [-0.2, -0.15) is 22.0 Å². The number of ether oxygens (including phenoxy) is 2. The van der Waals surface area contributed by atoms with E-state index in [1.807, 2.05) is 0 Å². The molecule has 0 bridgehead atoms. The number of methoxy groups -OCH3 is 1. The van der Waals surface area contributed by atoms with E-state index < -0.39 is 41.6 Å². The second-order valence-corrected chi connectivity index (χ2v) is 4.05. The molecule has 0 aliphatic rings. The van der Waals surface area contributed by atoms with Crippen LogP contribution in [0, 0.1) is 0 Å². The van der Waals surface area contributed by atoms with Crippen LogP contribution in [0.15, 0.2) is 18.2 Å². The third-order valence-electron chi connectivity index (χ3n) is 2.54. The quantitative estimate of drug-likeness (QED) is 0.849. The Hall–Kier alpha value is -1.78. The summed E-state index contributed by atoms with van der Waals surface area (Å²) in [5, 5.41) is 0. The van der Waals surface area contributed by atoms with Crippen LogP contribution in [0.3, 0.4) is 0 Å². The first-order valence-corrected chi connectivity index (χ1v) is 5.43. The summed E-state index contributed by atoms with van der Waals surface area (Å²) < 4.78 is 108. The van der Waals surface area contributed by atoms with Crippen molar-refractivity contribution in [2.45, 2.75) is 24.5 Å². The summed E-state index contributed by atoms with van der Waals surface area (Å²) in [5.41, 5.74) is 3.90. The van der Waals surface area contributed by atoms with Crippen LogP contribution in [-0.4, -0.2) is 25.6 Å². The first kappa shape index (κ1) is 18.3. The lowest BCUT2D eigenvalue weighted by Gasteiger charge is -2.27. The Morgan fingerprint density at radius 3 is 1.95 bits per heavy atom. The third kappa shape index (κ3) is 3.90. The normalized spacial score (nSPS) is 14.6. The van der Waals surface area contributed by atoms with E-state index in [-0.39, 0.29) is 0 Å². The van der Waals surface area contributed by atoms with Gasteiger partial charge < -0.3 is 15.2 Å². The highest BCUT2D eigenvalue weighted by molar-refractivity contribution is 5.43. The molecule has 126 valence electrons. The molecule has 1 aromatic carbocycles. The molecule has 2 N–H and O–H groups in total. The van der Waals surface area contributed by atoms with Gasteiger partial charge in [0.1, 0.15) is 17.5 Å². The van der Waals surface area contributed by atoms with Crippen LogP contribution < -0.4 is 15.2 Å². The first-order chi connectivity index (χ1) is 9.79. The van der Waals surface area contributed by atoms with E-state index in [9.17, 15) is 35.1 Å². The Labute approximate surface area is 118 Å². The minimum absolute atomic E-state index is 0.316. The molecule has 0 aromatic heterocycles. The van der Waals surface area contributed by atoms with Crippen LogP contribution in [0.4, 0.5) is 35.1 Å². The van der Waals surface area contributed by atoms with Crippen molar-refractivity contribution in [3.63, 3.8) is 0 Å². The van der Waals surface area contributed by atoms with Gasteiger partial charge in [0, 0.05) is 5.56 Å². The number of rotatable bonds is 4. The number of nitrogens with two attached hydrogens (primary N) is 1.